The summed E-state index contributed by atoms with van der Waals surface area (Å²) in [4.78, 5) is 10.5. The fraction of sp³-hybridized carbons (Fsp3) is 0.455. The molecule has 4 heteroatoms. The Balaban J connectivity index is 1.53. The van der Waals surface area contributed by atoms with Gasteiger partial charge in [-0.2, -0.15) is 0 Å². The Morgan fingerprint density at radius 2 is 1.54 bits per heavy atom. The van der Waals surface area contributed by atoms with Crippen molar-refractivity contribution < 1.29 is 14.2 Å². The van der Waals surface area contributed by atoms with Crippen molar-refractivity contribution in [3.8, 4) is 22.6 Å². The summed E-state index contributed by atoms with van der Waals surface area (Å²) in [7, 11) is -1.68. The van der Waals surface area contributed by atoms with E-state index in [0.717, 1.165) is 34.4 Å². The Labute approximate surface area is 158 Å². The zero-order chi connectivity index (χ0) is 18.2. The molecule has 2 aromatic carbocycles. The minimum absolute atomic E-state index is 0.691. The van der Waals surface area contributed by atoms with E-state index in [1.165, 1.54) is 44.9 Å². The Bertz CT molecular complexity index is 702. The maximum absolute atomic E-state index is 10.5. The summed E-state index contributed by atoms with van der Waals surface area (Å²) in [6.07, 6.45) is 10.2. The largest absolute Gasteiger partial charge is 0.493 e. The summed E-state index contributed by atoms with van der Waals surface area (Å²) >= 11 is 0. The molecule has 1 aliphatic heterocycles. The second kappa shape index (κ2) is 9.94. The van der Waals surface area contributed by atoms with Crippen LogP contribution < -0.4 is 14.6 Å². The molecule has 3 rings (SSSR count). The van der Waals surface area contributed by atoms with Crippen LogP contribution in [0.5, 0.6) is 11.5 Å². The number of ether oxygens (including phenoxy) is 1. The van der Waals surface area contributed by atoms with Gasteiger partial charge in [-0.25, -0.2) is 0 Å². The van der Waals surface area contributed by atoms with Gasteiger partial charge in [0.15, 0.2) is 0 Å². The van der Waals surface area contributed by atoms with E-state index in [0.29, 0.717) is 6.61 Å². The first-order valence-corrected chi connectivity index (χ1v) is 11.0. The third kappa shape index (κ3) is 4.78. The van der Waals surface area contributed by atoms with Gasteiger partial charge < -0.3 is 14.2 Å². The molecule has 2 aromatic rings. The first-order chi connectivity index (χ1) is 12.8. The number of para-hydroxylation sites is 1. The van der Waals surface area contributed by atoms with Crippen LogP contribution in [-0.4, -0.2) is 11.5 Å². The molecule has 0 aromatic heterocycles. The minimum atomic E-state index is -1.68. The highest BCUT2D eigenvalue weighted by Crippen LogP contribution is 2.48. The molecule has 0 aliphatic carbocycles. The van der Waals surface area contributed by atoms with Gasteiger partial charge in [0, 0.05) is 11.1 Å². The fourth-order valence-corrected chi connectivity index (χ4v) is 4.54. The average molecular weight is 372 g/mol. The van der Waals surface area contributed by atoms with E-state index < -0.39 is 8.38 Å². The van der Waals surface area contributed by atoms with E-state index in [1.807, 2.05) is 42.5 Å². The Hall–Kier alpha value is -1.57. The van der Waals surface area contributed by atoms with Crippen LogP contribution in [0.15, 0.2) is 42.5 Å². The molecule has 0 amide bonds. The highest BCUT2D eigenvalue weighted by atomic mass is 31.2. The van der Waals surface area contributed by atoms with Crippen LogP contribution in [0, 0.1) is 0 Å². The van der Waals surface area contributed by atoms with Gasteiger partial charge in [-0.1, -0.05) is 82.2 Å². The summed E-state index contributed by atoms with van der Waals surface area (Å²) in [5.74, 6) is 1.50. The van der Waals surface area contributed by atoms with E-state index >= 15 is 0 Å². The number of benzene rings is 2. The van der Waals surface area contributed by atoms with Crippen molar-refractivity contribution in [2.75, 3.05) is 6.61 Å². The molecule has 3 nitrogen and oxygen atoms in total. The van der Waals surface area contributed by atoms with Crippen LogP contribution in [-0.2, 0) is 0 Å². The van der Waals surface area contributed by atoms with Crippen LogP contribution in [0.1, 0.15) is 58.3 Å². The highest BCUT2D eigenvalue weighted by Gasteiger charge is 2.28. The van der Waals surface area contributed by atoms with Gasteiger partial charge >= 0.3 is 0 Å². The molecule has 1 atom stereocenters. The van der Waals surface area contributed by atoms with Gasteiger partial charge in [0.2, 0.25) is 0 Å². The standard InChI is InChI=1S/C22H29O3P/c1-2-3-4-5-6-7-8-11-17-24-21-16-12-14-19-18-13-9-10-15-20(18)25-26(23)22(19)21/h9-10,12-16,23H,2-8,11,17H2,1H3. The van der Waals surface area contributed by atoms with Gasteiger partial charge in [0.25, 0.3) is 8.38 Å². The molecular weight excluding hydrogens is 343 g/mol. The van der Waals surface area contributed by atoms with E-state index in [9.17, 15) is 4.89 Å². The molecule has 0 fully saturated rings. The SMILES string of the molecule is CCCCCCCCCCOc1cccc2c1P(O)Oc1ccccc1-2. The van der Waals surface area contributed by atoms with Crippen LogP contribution in [0.25, 0.3) is 11.1 Å². The first-order valence-electron chi connectivity index (χ1n) is 9.83. The zero-order valence-corrected chi connectivity index (χ0v) is 16.5. The van der Waals surface area contributed by atoms with Gasteiger partial charge in [-0.05, 0) is 18.6 Å². The normalized spacial score (nSPS) is 15.1. The summed E-state index contributed by atoms with van der Waals surface area (Å²) < 4.78 is 11.7. The van der Waals surface area contributed by atoms with Gasteiger partial charge in [-0.15, -0.1) is 0 Å². The number of hydrogen-bond acceptors (Lipinski definition) is 3. The fourth-order valence-electron chi connectivity index (χ4n) is 3.38. The van der Waals surface area contributed by atoms with E-state index in [1.54, 1.807) is 0 Å². The van der Waals surface area contributed by atoms with Crippen LogP contribution >= 0.6 is 8.38 Å². The molecule has 1 aliphatic rings. The molecule has 0 radical (unpaired) electrons. The molecule has 0 spiro atoms. The van der Waals surface area contributed by atoms with Gasteiger partial charge in [-0.3, -0.25) is 0 Å². The smallest absolute Gasteiger partial charge is 0.266 e. The topological polar surface area (TPSA) is 38.7 Å². The number of hydrogen-bond donors (Lipinski definition) is 1. The predicted octanol–water partition coefficient (Wildman–Crippen LogP) is 6.20. The van der Waals surface area contributed by atoms with Crippen molar-refractivity contribution in [1.82, 2.24) is 0 Å². The number of rotatable bonds is 10. The molecule has 1 N–H and O–H groups in total. The maximum atomic E-state index is 10.5. The molecule has 0 saturated heterocycles. The molecular formula is C22H29O3P. The minimum Gasteiger partial charge on any atom is -0.493 e. The summed E-state index contributed by atoms with van der Waals surface area (Å²) in [6.45, 7) is 2.94. The number of fused-ring (bicyclic) bond motifs is 3. The van der Waals surface area contributed by atoms with Crippen LogP contribution in [0.4, 0.5) is 0 Å². The third-order valence-corrected chi connectivity index (χ3v) is 6.02. The van der Waals surface area contributed by atoms with E-state index in [-0.39, 0.29) is 0 Å². The van der Waals surface area contributed by atoms with Gasteiger partial charge in [0.1, 0.15) is 11.5 Å². The average Bonchev–Trinajstić information content (AvgIpc) is 2.67. The lowest BCUT2D eigenvalue weighted by Gasteiger charge is -2.25. The zero-order valence-electron chi connectivity index (χ0n) is 15.6. The highest BCUT2D eigenvalue weighted by molar-refractivity contribution is 7.56. The Morgan fingerprint density at radius 1 is 0.846 bits per heavy atom. The van der Waals surface area contributed by atoms with Crippen molar-refractivity contribution in [3.05, 3.63) is 42.5 Å². The lowest BCUT2D eigenvalue weighted by molar-refractivity contribution is 0.306. The predicted molar refractivity (Wildman–Crippen MR) is 109 cm³/mol. The lowest BCUT2D eigenvalue weighted by atomic mass is 10.0. The Morgan fingerprint density at radius 3 is 2.35 bits per heavy atom. The lowest BCUT2D eigenvalue weighted by Crippen LogP contribution is -2.17. The monoisotopic (exact) mass is 372 g/mol. The second-order valence-corrected chi connectivity index (χ2v) is 8.01. The summed E-state index contributed by atoms with van der Waals surface area (Å²) in [6, 6.07) is 13.8. The molecule has 26 heavy (non-hydrogen) atoms. The quantitative estimate of drug-likeness (QED) is 0.399. The van der Waals surface area contributed by atoms with Crippen molar-refractivity contribution in [2.24, 2.45) is 0 Å². The first kappa shape index (κ1) is 19.2. The maximum Gasteiger partial charge on any atom is 0.266 e. The van der Waals surface area contributed by atoms with E-state index in [4.69, 9.17) is 9.26 Å². The van der Waals surface area contributed by atoms with Gasteiger partial charge in [0.05, 0.1) is 11.9 Å². The summed E-state index contributed by atoms with van der Waals surface area (Å²) in [5.41, 5.74) is 2.04. The van der Waals surface area contributed by atoms with Crippen molar-refractivity contribution in [1.29, 1.82) is 0 Å². The molecule has 1 unspecified atom stereocenters. The Kier molecular flexibility index (Phi) is 7.34. The van der Waals surface area contributed by atoms with Crippen LogP contribution in [0.2, 0.25) is 0 Å². The molecule has 0 saturated carbocycles. The molecule has 0 bridgehead atoms. The van der Waals surface area contributed by atoms with E-state index in [2.05, 4.69) is 6.92 Å². The van der Waals surface area contributed by atoms with Crippen molar-refractivity contribution in [3.63, 3.8) is 0 Å². The third-order valence-electron chi connectivity index (χ3n) is 4.81. The van der Waals surface area contributed by atoms with Crippen molar-refractivity contribution >= 4 is 13.7 Å². The van der Waals surface area contributed by atoms with Crippen molar-refractivity contribution in [2.45, 2.75) is 58.3 Å². The number of unbranched alkanes of at least 4 members (excludes halogenated alkanes) is 7. The molecule has 140 valence electrons. The van der Waals surface area contributed by atoms with Crippen LogP contribution in [0.3, 0.4) is 0 Å². The molecule has 1 heterocycles. The summed E-state index contributed by atoms with van der Waals surface area (Å²) in [5, 5.41) is 0.806. The second-order valence-electron chi connectivity index (χ2n) is 6.84.